The molecule has 29 heavy (non-hydrogen) atoms. The first-order valence-electron chi connectivity index (χ1n) is 9.43. The van der Waals surface area contributed by atoms with E-state index in [4.69, 9.17) is 4.98 Å². The van der Waals surface area contributed by atoms with Gasteiger partial charge in [-0.1, -0.05) is 30.3 Å². The van der Waals surface area contributed by atoms with Crippen molar-refractivity contribution in [2.24, 2.45) is 4.40 Å². The molecule has 2 aromatic carbocycles. The van der Waals surface area contributed by atoms with Crippen molar-refractivity contribution < 1.29 is 4.21 Å². The lowest BCUT2D eigenvalue weighted by molar-refractivity contribution is 0.650. The molecule has 0 aliphatic carbocycles. The van der Waals surface area contributed by atoms with Crippen molar-refractivity contribution in [2.75, 3.05) is 0 Å². The third-order valence-corrected chi connectivity index (χ3v) is 6.14. The molecule has 0 bridgehead atoms. The highest BCUT2D eigenvalue weighted by atomic mass is 32.2. The molecule has 2 heterocycles. The maximum Gasteiger partial charge on any atom is 0.171 e. The Morgan fingerprint density at radius 1 is 1.14 bits per heavy atom. The molecule has 0 spiro atoms. The van der Waals surface area contributed by atoms with Crippen molar-refractivity contribution >= 4 is 33.2 Å². The second-order valence-corrected chi connectivity index (χ2v) is 9.98. The number of hydrogen-bond acceptors (Lipinski definition) is 4. The molecular formula is C22H23N5OS. The number of aromatic nitrogens is 4. The van der Waals surface area contributed by atoms with Crippen molar-refractivity contribution in [3.05, 3.63) is 59.9 Å². The van der Waals surface area contributed by atoms with Gasteiger partial charge in [-0.2, -0.15) is 4.40 Å². The molecule has 0 unspecified atom stereocenters. The van der Waals surface area contributed by atoms with Crippen LogP contribution in [0.25, 0.3) is 27.9 Å². The minimum Gasteiger partial charge on any atom is -0.265 e. The summed E-state index contributed by atoms with van der Waals surface area (Å²) in [6.45, 7) is 9.66. The highest BCUT2D eigenvalue weighted by Crippen LogP contribution is 2.28. The molecule has 1 atom stereocenters. The fraction of sp³-hybridized carbons (Fsp3) is 0.273. The number of fused-ring (bicyclic) bond motifs is 3. The zero-order valence-electron chi connectivity index (χ0n) is 17.2. The number of hydrogen-bond donors (Lipinski definition) is 0. The largest absolute Gasteiger partial charge is 0.265 e. The molecule has 0 amide bonds. The van der Waals surface area contributed by atoms with Gasteiger partial charge in [0.1, 0.15) is 23.1 Å². The summed E-state index contributed by atoms with van der Waals surface area (Å²) in [7, 11) is -1.35. The molecule has 0 saturated heterocycles. The fourth-order valence-electron chi connectivity index (χ4n) is 3.18. The minimum atomic E-state index is -1.35. The van der Waals surface area contributed by atoms with Crippen LogP contribution in [0.2, 0.25) is 0 Å². The summed E-state index contributed by atoms with van der Waals surface area (Å²) in [4.78, 5) is 4.98. The molecule has 0 aliphatic heterocycles. The Morgan fingerprint density at radius 3 is 2.55 bits per heavy atom. The Balaban J connectivity index is 2.04. The van der Waals surface area contributed by atoms with Crippen molar-refractivity contribution in [1.82, 2.24) is 19.6 Å². The van der Waals surface area contributed by atoms with Gasteiger partial charge in [-0.25, -0.2) is 9.19 Å². The van der Waals surface area contributed by atoms with Crippen LogP contribution < -0.4 is 0 Å². The predicted octanol–water partition coefficient (Wildman–Crippen LogP) is 4.52. The molecule has 4 aromatic rings. The second-order valence-electron chi connectivity index (χ2n) is 8.07. The van der Waals surface area contributed by atoms with Crippen LogP contribution in [0.15, 0.2) is 53.2 Å². The Bertz CT molecular complexity index is 1270. The van der Waals surface area contributed by atoms with Gasteiger partial charge in [0.25, 0.3) is 0 Å². The normalized spacial score (nSPS) is 13.9. The fourth-order valence-corrected chi connectivity index (χ4v) is 3.80. The maximum absolute atomic E-state index is 12.6. The quantitative estimate of drug-likeness (QED) is 0.470. The molecule has 7 heteroatoms. The van der Waals surface area contributed by atoms with Gasteiger partial charge < -0.3 is 0 Å². The molecular weight excluding hydrogens is 382 g/mol. The summed E-state index contributed by atoms with van der Waals surface area (Å²) >= 11 is 0. The number of rotatable bonds is 3. The van der Waals surface area contributed by atoms with Gasteiger partial charge in [-0.15, -0.1) is 10.2 Å². The van der Waals surface area contributed by atoms with Gasteiger partial charge in [-0.3, -0.25) is 4.40 Å². The van der Waals surface area contributed by atoms with Crippen LogP contribution in [0.1, 0.15) is 38.8 Å². The van der Waals surface area contributed by atoms with Crippen LogP contribution in [-0.2, 0) is 11.0 Å². The van der Waals surface area contributed by atoms with Crippen molar-refractivity contribution in [3.8, 4) is 11.4 Å². The van der Waals surface area contributed by atoms with Crippen LogP contribution in [0.5, 0.6) is 0 Å². The van der Waals surface area contributed by atoms with Crippen LogP contribution in [0, 0.1) is 6.92 Å². The second kappa shape index (κ2) is 7.15. The van der Waals surface area contributed by atoms with E-state index >= 15 is 0 Å². The smallest absolute Gasteiger partial charge is 0.171 e. The van der Waals surface area contributed by atoms with Gasteiger partial charge in [0.2, 0.25) is 0 Å². The average molecular weight is 406 g/mol. The zero-order valence-corrected chi connectivity index (χ0v) is 18.0. The molecule has 0 aliphatic rings. The van der Waals surface area contributed by atoms with Crippen LogP contribution in [0.3, 0.4) is 0 Å². The van der Waals surface area contributed by atoms with E-state index in [0.29, 0.717) is 5.71 Å². The Hall–Kier alpha value is -2.93. The molecule has 0 radical (unpaired) electrons. The third kappa shape index (κ3) is 3.58. The topological polar surface area (TPSA) is 72.5 Å². The Kier molecular flexibility index (Phi) is 4.78. The standard InChI is InChI=1S/C22H23N5OS/c1-14-11-17(15(2)26-29(28)22(3,4)5)19-18(12-14)21-25-23-13-27(21)20(24-19)16-9-7-6-8-10-16/h6-13H,1-5H3/b26-15-/t29-/m1/s1. The van der Waals surface area contributed by atoms with Crippen molar-refractivity contribution in [3.63, 3.8) is 0 Å². The molecule has 2 aromatic heterocycles. The molecule has 4 rings (SSSR count). The van der Waals surface area contributed by atoms with Gasteiger partial charge in [0, 0.05) is 16.5 Å². The Morgan fingerprint density at radius 2 is 1.86 bits per heavy atom. The summed E-state index contributed by atoms with van der Waals surface area (Å²) in [6.07, 6.45) is 1.68. The summed E-state index contributed by atoms with van der Waals surface area (Å²) in [5, 5.41) is 9.36. The zero-order chi connectivity index (χ0) is 20.8. The van der Waals surface area contributed by atoms with Gasteiger partial charge in [-0.05, 0) is 52.3 Å². The molecule has 0 fully saturated rings. The average Bonchev–Trinajstić information content (AvgIpc) is 3.17. The monoisotopic (exact) mass is 405 g/mol. The SMILES string of the molecule is C/C(=N/[S@](=O)C(C)(C)C)c1cc(C)cc2c1nc(-c1ccccc1)n1cnnc21. The van der Waals surface area contributed by atoms with E-state index < -0.39 is 15.7 Å². The lowest BCUT2D eigenvalue weighted by atomic mass is 10.0. The summed E-state index contributed by atoms with van der Waals surface area (Å²) < 4.78 is 18.6. The highest BCUT2D eigenvalue weighted by Gasteiger charge is 2.21. The van der Waals surface area contributed by atoms with Gasteiger partial charge in [0.05, 0.1) is 16.0 Å². The van der Waals surface area contributed by atoms with E-state index in [0.717, 1.165) is 39.1 Å². The summed E-state index contributed by atoms with van der Waals surface area (Å²) in [6, 6.07) is 14.0. The maximum atomic E-state index is 12.6. The molecule has 0 N–H and O–H groups in total. The van der Waals surface area contributed by atoms with E-state index in [1.807, 2.05) is 75.4 Å². The lowest BCUT2D eigenvalue weighted by Gasteiger charge is -2.15. The van der Waals surface area contributed by atoms with E-state index in [2.05, 4.69) is 20.7 Å². The number of nitrogens with zero attached hydrogens (tertiary/aromatic N) is 5. The van der Waals surface area contributed by atoms with Crippen molar-refractivity contribution in [1.29, 1.82) is 0 Å². The van der Waals surface area contributed by atoms with Gasteiger partial charge >= 0.3 is 0 Å². The van der Waals surface area contributed by atoms with Crippen LogP contribution >= 0.6 is 0 Å². The van der Waals surface area contributed by atoms with Crippen molar-refractivity contribution in [2.45, 2.75) is 39.4 Å². The van der Waals surface area contributed by atoms with Crippen LogP contribution in [0.4, 0.5) is 0 Å². The first kappa shape index (κ1) is 19.4. The van der Waals surface area contributed by atoms with Crippen LogP contribution in [-0.4, -0.2) is 34.2 Å². The van der Waals surface area contributed by atoms with E-state index in [1.54, 1.807) is 6.33 Å². The third-order valence-electron chi connectivity index (χ3n) is 4.65. The highest BCUT2D eigenvalue weighted by molar-refractivity contribution is 7.85. The molecule has 6 nitrogen and oxygen atoms in total. The molecule has 0 saturated carbocycles. The van der Waals surface area contributed by atoms with E-state index in [9.17, 15) is 4.21 Å². The van der Waals surface area contributed by atoms with E-state index in [-0.39, 0.29) is 0 Å². The first-order valence-corrected chi connectivity index (χ1v) is 10.5. The molecule has 148 valence electrons. The Labute approximate surface area is 172 Å². The predicted molar refractivity (Wildman–Crippen MR) is 119 cm³/mol. The first-order chi connectivity index (χ1) is 13.8. The van der Waals surface area contributed by atoms with E-state index in [1.165, 1.54) is 0 Å². The summed E-state index contributed by atoms with van der Waals surface area (Å²) in [5.41, 5.74) is 5.11. The number of aryl methyl sites for hydroxylation is 1. The summed E-state index contributed by atoms with van der Waals surface area (Å²) in [5.74, 6) is 0.757. The van der Waals surface area contributed by atoms with Gasteiger partial charge in [0.15, 0.2) is 5.65 Å². The lowest BCUT2D eigenvalue weighted by Crippen LogP contribution is -2.20. The minimum absolute atomic E-state index is 0.427. The number of benzene rings is 2.